The fourth-order valence-corrected chi connectivity index (χ4v) is 4.20. The number of ketones is 1. The zero-order valence-electron chi connectivity index (χ0n) is 20.4. The minimum absolute atomic E-state index is 0.108. The van der Waals surface area contributed by atoms with E-state index in [0.717, 1.165) is 5.56 Å². The monoisotopic (exact) mass is 446 g/mol. The first kappa shape index (κ1) is 26.0. The van der Waals surface area contributed by atoms with Crippen molar-refractivity contribution in [3.63, 3.8) is 0 Å². The number of ether oxygens (including phenoxy) is 2. The van der Waals surface area contributed by atoms with E-state index >= 15 is 0 Å². The summed E-state index contributed by atoms with van der Waals surface area (Å²) in [7, 11) is 0. The second-order valence-electron chi connectivity index (χ2n) is 10.4. The number of Topliss-reactive ketones (excluding diaryl/α,β-unsaturated/α-hetero) is 1. The summed E-state index contributed by atoms with van der Waals surface area (Å²) in [5, 5.41) is 11.2. The molecule has 0 spiro atoms. The largest absolute Gasteiger partial charge is 0.465 e. The van der Waals surface area contributed by atoms with Crippen LogP contribution in [0, 0.1) is 23.7 Å². The van der Waals surface area contributed by atoms with Crippen LogP contribution in [0.25, 0.3) is 0 Å². The first-order valence-electron chi connectivity index (χ1n) is 11.5. The van der Waals surface area contributed by atoms with Crippen LogP contribution in [0.15, 0.2) is 24.3 Å². The molecule has 0 bridgehead atoms. The van der Waals surface area contributed by atoms with Crippen LogP contribution < -0.4 is 0 Å². The summed E-state index contributed by atoms with van der Waals surface area (Å²) in [6.45, 7) is 13.7. The Morgan fingerprint density at radius 1 is 0.969 bits per heavy atom. The van der Waals surface area contributed by atoms with Crippen LogP contribution in [0.3, 0.4) is 0 Å². The maximum Gasteiger partial charge on any atom is 0.317 e. The van der Waals surface area contributed by atoms with Gasteiger partial charge in [0, 0.05) is 12.3 Å². The molecule has 0 amide bonds. The van der Waals surface area contributed by atoms with Crippen molar-refractivity contribution >= 4 is 17.7 Å². The Labute approximate surface area is 191 Å². The minimum atomic E-state index is -1.64. The van der Waals surface area contributed by atoms with Gasteiger partial charge in [-0.2, -0.15) is 0 Å². The maximum atomic E-state index is 13.2. The van der Waals surface area contributed by atoms with E-state index < -0.39 is 41.1 Å². The molecular formula is C26H38O6. The van der Waals surface area contributed by atoms with Crippen molar-refractivity contribution < 1.29 is 29.0 Å². The van der Waals surface area contributed by atoms with E-state index in [1.54, 1.807) is 0 Å². The Balaban J connectivity index is 2.54. The lowest BCUT2D eigenvalue weighted by atomic mass is 9.61. The lowest BCUT2D eigenvalue weighted by Gasteiger charge is -2.43. The number of hydrogen-bond donors (Lipinski definition) is 1. The van der Waals surface area contributed by atoms with Gasteiger partial charge >= 0.3 is 11.9 Å². The lowest BCUT2D eigenvalue weighted by Crippen LogP contribution is -2.55. The van der Waals surface area contributed by atoms with Crippen molar-refractivity contribution in [1.82, 2.24) is 0 Å². The minimum Gasteiger partial charge on any atom is -0.465 e. The van der Waals surface area contributed by atoms with Gasteiger partial charge in [-0.3, -0.25) is 14.4 Å². The summed E-state index contributed by atoms with van der Waals surface area (Å²) in [6, 6.07) is 7.53. The highest BCUT2D eigenvalue weighted by atomic mass is 16.5. The van der Waals surface area contributed by atoms with Crippen LogP contribution in [0.4, 0.5) is 0 Å². The molecular weight excluding hydrogens is 408 g/mol. The van der Waals surface area contributed by atoms with Crippen LogP contribution in [0.1, 0.15) is 77.8 Å². The second-order valence-corrected chi connectivity index (χ2v) is 10.4. The molecule has 0 radical (unpaired) electrons. The number of benzene rings is 1. The van der Waals surface area contributed by atoms with Crippen molar-refractivity contribution in [2.45, 2.75) is 72.3 Å². The highest BCUT2D eigenvalue weighted by Crippen LogP contribution is 2.47. The smallest absolute Gasteiger partial charge is 0.317 e. The van der Waals surface area contributed by atoms with Crippen molar-refractivity contribution in [1.29, 1.82) is 0 Å². The van der Waals surface area contributed by atoms with Gasteiger partial charge in [-0.25, -0.2) is 0 Å². The van der Waals surface area contributed by atoms with Crippen LogP contribution in [-0.4, -0.2) is 41.6 Å². The Morgan fingerprint density at radius 3 is 1.94 bits per heavy atom. The number of aliphatic hydroxyl groups is 1. The number of rotatable bonds is 8. The van der Waals surface area contributed by atoms with Gasteiger partial charge < -0.3 is 14.6 Å². The van der Waals surface area contributed by atoms with Crippen LogP contribution in [0.2, 0.25) is 0 Å². The molecule has 0 saturated heterocycles. The van der Waals surface area contributed by atoms with E-state index in [2.05, 4.69) is 13.8 Å². The van der Waals surface area contributed by atoms with Crippen molar-refractivity contribution in [2.24, 2.45) is 23.7 Å². The molecule has 1 aromatic carbocycles. The third kappa shape index (κ3) is 6.18. The molecule has 2 rings (SSSR count). The zero-order valence-corrected chi connectivity index (χ0v) is 20.4. The Hall–Kier alpha value is -2.21. The molecule has 0 heterocycles. The third-order valence-corrected chi connectivity index (χ3v) is 5.88. The van der Waals surface area contributed by atoms with Crippen molar-refractivity contribution in [2.75, 3.05) is 13.2 Å². The molecule has 6 heteroatoms. The molecule has 1 aromatic rings. The molecule has 1 aliphatic rings. The van der Waals surface area contributed by atoms with E-state index in [9.17, 15) is 19.5 Å². The van der Waals surface area contributed by atoms with E-state index in [1.165, 1.54) is 6.92 Å². The lowest BCUT2D eigenvalue weighted by molar-refractivity contribution is -0.173. The van der Waals surface area contributed by atoms with E-state index in [1.807, 2.05) is 52.0 Å². The molecule has 4 atom stereocenters. The molecule has 6 nitrogen and oxygen atoms in total. The van der Waals surface area contributed by atoms with Gasteiger partial charge in [0.1, 0.15) is 5.92 Å². The molecule has 1 saturated carbocycles. The molecule has 178 valence electrons. The predicted molar refractivity (Wildman–Crippen MR) is 122 cm³/mol. The van der Waals surface area contributed by atoms with Gasteiger partial charge in [0.2, 0.25) is 0 Å². The van der Waals surface area contributed by atoms with Gasteiger partial charge in [-0.15, -0.1) is 0 Å². The van der Waals surface area contributed by atoms with E-state index in [0.29, 0.717) is 11.5 Å². The molecule has 0 unspecified atom stereocenters. The second kappa shape index (κ2) is 10.6. The molecule has 32 heavy (non-hydrogen) atoms. The summed E-state index contributed by atoms with van der Waals surface area (Å²) in [5.74, 6) is -4.26. The number of carbonyl (C=O) groups excluding carboxylic acids is 3. The van der Waals surface area contributed by atoms with Crippen LogP contribution in [-0.2, 0) is 23.9 Å². The predicted octanol–water partition coefficient (Wildman–Crippen LogP) is 4.25. The van der Waals surface area contributed by atoms with Crippen molar-refractivity contribution in [3.05, 3.63) is 35.4 Å². The molecule has 1 fully saturated rings. The molecule has 0 aromatic heterocycles. The first-order valence-corrected chi connectivity index (χ1v) is 11.5. The van der Waals surface area contributed by atoms with Gasteiger partial charge in [-0.05, 0) is 35.8 Å². The summed E-state index contributed by atoms with van der Waals surface area (Å²) >= 11 is 0. The van der Waals surface area contributed by atoms with Gasteiger partial charge in [0.15, 0.2) is 5.78 Å². The SMILES string of the molecule is CC(C)COC(=O)[C@H]1C(=O)C[C@](C)(O)[C@@H](C(=O)OCC(C)C)[C@H]1c1ccc(C(C)C)cc1. The zero-order chi connectivity index (χ0) is 24.2. The van der Waals surface area contributed by atoms with E-state index in [4.69, 9.17) is 9.47 Å². The molecule has 1 aliphatic carbocycles. The van der Waals surface area contributed by atoms with E-state index in [-0.39, 0.29) is 31.5 Å². The highest BCUT2D eigenvalue weighted by Gasteiger charge is 2.57. The average molecular weight is 447 g/mol. The quantitative estimate of drug-likeness (QED) is 0.474. The Morgan fingerprint density at radius 2 is 1.47 bits per heavy atom. The number of esters is 2. The highest BCUT2D eigenvalue weighted by molar-refractivity contribution is 6.02. The Kier molecular flexibility index (Phi) is 8.63. The molecule has 0 aliphatic heterocycles. The Bertz CT molecular complexity index is 806. The fourth-order valence-electron chi connectivity index (χ4n) is 4.20. The topological polar surface area (TPSA) is 89.9 Å². The standard InChI is InChI=1S/C26H38O6/c1-15(2)13-31-24(28)22-20(27)12-26(7,30)23(25(29)32-14-16(3)4)21(22)19-10-8-18(9-11-19)17(5)6/h8-11,15-17,21-23,30H,12-14H2,1-7H3/t21-,22-,23+,26-/m0/s1. The first-order chi connectivity index (χ1) is 14.8. The number of carbonyl (C=O) groups is 3. The molecule has 1 N–H and O–H groups in total. The summed E-state index contributed by atoms with van der Waals surface area (Å²) < 4.78 is 10.9. The normalized spacial score (nSPS) is 26.0. The summed E-state index contributed by atoms with van der Waals surface area (Å²) in [6.07, 6.45) is -0.309. The van der Waals surface area contributed by atoms with Gasteiger partial charge in [-0.1, -0.05) is 65.8 Å². The van der Waals surface area contributed by atoms with Crippen molar-refractivity contribution in [3.8, 4) is 0 Å². The van der Waals surface area contributed by atoms with Crippen LogP contribution >= 0.6 is 0 Å². The van der Waals surface area contributed by atoms with Crippen LogP contribution in [0.5, 0.6) is 0 Å². The maximum absolute atomic E-state index is 13.2. The fraction of sp³-hybridized carbons (Fsp3) is 0.654. The summed E-state index contributed by atoms with van der Waals surface area (Å²) in [4.78, 5) is 39.3. The van der Waals surface area contributed by atoms with Gasteiger partial charge in [0.25, 0.3) is 0 Å². The van der Waals surface area contributed by atoms with Gasteiger partial charge in [0.05, 0.1) is 24.7 Å². The number of hydrogen-bond acceptors (Lipinski definition) is 6. The average Bonchev–Trinajstić information content (AvgIpc) is 2.69. The third-order valence-electron chi connectivity index (χ3n) is 5.88. The summed E-state index contributed by atoms with van der Waals surface area (Å²) in [5.41, 5.74) is 0.0997.